The van der Waals surface area contributed by atoms with E-state index in [4.69, 9.17) is 23.2 Å². The Morgan fingerprint density at radius 1 is 0.800 bits per heavy atom. The zero-order chi connectivity index (χ0) is 14.8. The lowest BCUT2D eigenvalue weighted by molar-refractivity contribution is 0.564. The molecule has 100 valence electrons. The maximum atomic E-state index is 9.78. The molecule has 0 aliphatic heterocycles. The standard InChI is InChI=1S/2C7H4ClNO/c8-6-1-3-7(4-2-6)9-5-10;8-6-3-1-2-4-7(6)9-5-10/h2*1-4H. The van der Waals surface area contributed by atoms with Gasteiger partial charge in [0.05, 0.1) is 16.4 Å². The summed E-state index contributed by atoms with van der Waals surface area (Å²) < 4.78 is 0. The van der Waals surface area contributed by atoms with Gasteiger partial charge >= 0.3 is 0 Å². The second-order valence-electron chi connectivity index (χ2n) is 3.33. The van der Waals surface area contributed by atoms with Crippen LogP contribution in [0.1, 0.15) is 0 Å². The van der Waals surface area contributed by atoms with Crippen LogP contribution in [0, 0.1) is 0 Å². The molecule has 0 fully saturated rings. The lowest BCUT2D eigenvalue weighted by Gasteiger charge is -1.90. The van der Waals surface area contributed by atoms with Gasteiger partial charge in [-0.1, -0.05) is 35.3 Å². The van der Waals surface area contributed by atoms with Crippen LogP contribution in [-0.4, -0.2) is 12.2 Å². The molecule has 20 heavy (non-hydrogen) atoms. The number of rotatable bonds is 2. The Balaban J connectivity index is 0.000000200. The molecule has 0 saturated heterocycles. The minimum Gasteiger partial charge on any atom is -0.211 e. The molecule has 0 spiro atoms. The van der Waals surface area contributed by atoms with Gasteiger partial charge in [0.1, 0.15) is 0 Å². The summed E-state index contributed by atoms with van der Waals surface area (Å²) in [7, 11) is 0. The first kappa shape index (κ1) is 15.8. The van der Waals surface area contributed by atoms with E-state index in [1.54, 1.807) is 48.5 Å². The highest BCUT2D eigenvalue weighted by molar-refractivity contribution is 6.33. The van der Waals surface area contributed by atoms with Crippen molar-refractivity contribution in [3.63, 3.8) is 0 Å². The van der Waals surface area contributed by atoms with Gasteiger partial charge in [-0.05, 0) is 36.4 Å². The van der Waals surface area contributed by atoms with Gasteiger partial charge in [0.2, 0.25) is 12.2 Å². The summed E-state index contributed by atoms with van der Waals surface area (Å²) in [6.07, 6.45) is 2.85. The van der Waals surface area contributed by atoms with E-state index in [9.17, 15) is 9.59 Å². The summed E-state index contributed by atoms with van der Waals surface area (Å²) in [6.45, 7) is 0. The van der Waals surface area contributed by atoms with Crippen LogP contribution in [0.25, 0.3) is 0 Å². The number of aliphatic imine (C=N–C) groups is 2. The van der Waals surface area contributed by atoms with Crippen LogP contribution in [0.4, 0.5) is 11.4 Å². The first-order valence-electron chi connectivity index (χ1n) is 5.33. The van der Waals surface area contributed by atoms with Gasteiger partial charge in [-0.2, -0.15) is 9.98 Å². The molecule has 2 aromatic carbocycles. The third kappa shape index (κ3) is 5.61. The predicted octanol–water partition coefficient (Wildman–Crippen LogP) is 4.61. The Morgan fingerprint density at radius 3 is 1.95 bits per heavy atom. The number of para-hydroxylation sites is 1. The monoisotopic (exact) mass is 306 g/mol. The molecule has 0 heterocycles. The number of halogens is 2. The molecular formula is C14H8Cl2N2O2. The highest BCUT2D eigenvalue weighted by Crippen LogP contribution is 2.22. The SMILES string of the molecule is O=C=Nc1ccc(Cl)cc1.O=C=Nc1ccccc1Cl. The fourth-order valence-corrected chi connectivity index (χ4v) is 1.46. The first-order valence-corrected chi connectivity index (χ1v) is 6.09. The smallest absolute Gasteiger partial charge is 0.211 e. The van der Waals surface area contributed by atoms with Crippen LogP contribution >= 0.6 is 23.2 Å². The molecule has 0 amide bonds. The summed E-state index contributed by atoms with van der Waals surface area (Å²) in [5.74, 6) is 0. The van der Waals surface area contributed by atoms with Crippen molar-refractivity contribution in [2.45, 2.75) is 0 Å². The molecule has 0 aromatic heterocycles. The molecule has 4 nitrogen and oxygen atoms in total. The predicted molar refractivity (Wildman–Crippen MR) is 78.5 cm³/mol. The largest absolute Gasteiger partial charge is 0.240 e. The van der Waals surface area contributed by atoms with E-state index in [0.717, 1.165) is 0 Å². The van der Waals surface area contributed by atoms with Gasteiger partial charge < -0.3 is 0 Å². The number of hydrogen-bond acceptors (Lipinski definition) is 4. The van der Waals surface area contributed by atoms with Crippen LogP contribution < -0.4 is 0 Å². The lowest BCUT2D eigenvalue weighted by atomic mass is 10.3. The number of nitrogens with zero attached hydrogens (tertiary/aromatic N) is 2. The molecule has 2 aromatic rings. The number of carbonyl (C=O) groups excluding carboxylic acids is 2. The van der Waals surface area contributed by atoms with Crippen molar-refractivity contribution in [3.8, 4) is 0 Å². The van der Waals surface area contributed by atoms with E-state index >= 15 is 0 Å². The minimum absolute atomic E-state index is 0.458. The van der Waals surface area contributed by atoms with Crippen molar-refractivity contribution in [1.82, 2.24) is 0 Å². The molecule has 0 bridgehead atoms. The second kappa shape index (κ2) is 8.81. The first-order chi connectivity index (χ1) is 9.67. The summed E-state index contributed by atoms with van der Waals surface area (Å²) in [5.41, 5.74) is 1.03. The topological polar surface area (TPSA) is 58.9 Å². The molecule has 0 radical (unpaired) electrons. The van der Waals surface area contributed by atoms with Crippen molar-refractivity contribution in [2.24, 2.45) is 9.98 Å². The second-order valence-corrected chi connectivity index (χ2v) is 4.18. The summed E-state index contributed by atoms with van der Waals surface area (Å²) in [6, 6.07) is 13.5. The van der Waals surface area contributed by atoms with Crippen LogP contribution in [0.5, 0.6) is 0 Å². The van der Waals surface area contributed by atoms with E-state index in [-0.39, 0.29) is 0 Å². The van der Waals surface area contributed by atoms with Crippen LogP contribution in [-0.2, 0) is 9.59 Å². The summed E-state index contributed by atoms with van der Waals surface area (Å²) >= 11 is 11.2. The average Bonchev–Trinajstić information content (AvgIpc) is 2.45. The van der Waals surface area contributed by atoms with E-state index in [2.05, 4.69) is 9.98 Å². The minimum atomic E-state index is 0.458. The summed E-state index contributed by atoms with van der Waals surface area (Å²) in [4.78, 5) is 26.3. The van der Waals surface area contributed by atoms with Crippen molar-refractivity contribution < 1.29 is 9.59 Å². The molecule has 0 saturated carbocycles. The van der Waals surface area contributed by atoms with Crippen molar-refractivity contribution in [3.05, 3.63) is 58.6 Å². The van der Waals surface area contributed by atoms with Gasteiger partial charge in [-0.15, -0.1) is 0 Å². The van der Waals surface area contributed by atoms with E-state index in [1.165, 1.54) is 12.2 Å². The molecule has 0 aliphatic rings. The van der Waals surface area contributed by atoms with Crippen molar-refractivity contribution in [1.29, 1.82) is 0 Å². The maximum absolute atomic E-state index is 9.78. The van der Waals surface area contributed by atoms with E-state index < -0.39 is 0 Å². The van der Waals surface area contributed by atoms with E-state index in [0.29, 0.717) is 21.4 Å². The lowest BCUT2D eigenvalue weighted by Crippen LogP contribution is -1.64. The Kier molecular flexibility index (Phi) is 6.97. The maximum Gasteiger partial charge on any atom is 0.240 e. The zero-order valence-electron chi connectivity index (χ0n) is 10.1. The molecule has 6 heteroatoms. The third-order valence-electron chi connectivity index (χ3n) is 2.02. The number of hydrogen-bond donors (Lipinski definition) is 0. The quantitative estimate of drug-likeness (QED) is 0.600. The van der Waals surface area contributed by atoms with Crippen LogP contribution in [0.3, 0.4) is 0 Å². The molecule has 2 rings (SSSR count). The van der Waals surface area contributed by atoms with Gasteiger partial charge in [0, 0.05) is 5.02 Å². The highest BCUT2D eigenvalue weighted by Gasteiger charge is 1.92. The Hall–Kier alpha value is -2.22. The Bertz CT molecular complexity index is 659. The van der Waals surface area contributed by atoms with Gasteiger partial charge in [-0.3, -0.25) is 0 Å². The van der Waals surface area contributed by atoms with Gasteiger partial charge in [-0.25, -0.2) is 9.59 Å². The molecule has 0 N–H and O–H groups in total. The van der Waals surface area contributed by atoms with Crippen LogP contribution in [0.2, 0.25) is 10.0 Å². The number of benzene rings is 2. The fraction of sp³-hybridized carbons (Fsp3) is 0. The molecule has 0 atom stereocenters. The Morgan fingerprint density at radius 2 is 1.40 bits per heavy atom. The zero-order valence-corrected chi connectivity index (χ0v) is 11.6. The van der Waals surface area contributed by atoms with Crippen molar-refractivity contribution >= 4 is 46.7 Å². The highest BCUT2D eigenvalue weighted by atomic mass is 35.5. The normalized spacial score (nSPS) is 8.50. The van der Waals surface area contributed by atoms with Crippen LogP contribution in [0.15, 0.2) is 58.5 Å². The number of isocyanates is 2. The van der Waals surface area contributed by atoms with Gasteiger partial charge in [0.25, 0.3) is 0 Å². The van der Waals surface area contributed by atoms with Gasteiger partial charge in [0.15, 0.2) is 0 Å². The van der Waals surface area contributed by atoms with E-state index in [1.807, 2.05) is 0 Å². The third-order valence-corrected chi connectivity index (χ3v) is 2.59. The van der Waals surface area contributed by atoms with Crippen molar-refractivity contribution in [2.75, 3.05) is 0 Å². The average molecular weight is 307 g/mol. The summed E-state index contributed by atoms with van der Waals surface area (Å²) in [5, 5.41) is 1.09. The Labute approximate surface area is 125 Å². The molecule has 0 unspecified atom stereocenters. The molecule has 0 aliphatic carbocycles. The molecular weight excluding hydrogens is 299 g/mol. The fourth-order valence-electron chi connectivity index (χ4n) is 1.16.